The number of benzene rings is 2. The van der Waals surface area contributed by atoms with Gasteiger partial charge in [0.05, 0.1) is 5.69 Å². The molecule has 0 bridgehead atoms. The van der Waals surface area contributed by atoms with Crippen molar-refractivity contribution in [3.63, 3.8) is 0 Å². The summed E-state index contributed by atoms with van der Waals surface area (Å²) in [6, 6.07) is 14.8. The second-order valence-corrected chi connectivity index (χ2v) is 6.03. The molecule has 1 amide bonds. The number of nitrogens with one attached hydrogen (secondary N) is 2. The van der Waals surface area contributed by atoms with E-state index in [0.29, 0.717) is 0 Å². The molecule has 3 nitrogen and oxygen atoms in total. The van der Waals surface area contributed by atoms with Gasteiger partial charge in [0.2, 0.25) is 5.91 Å². The summed E-state index contributed by atoms with van der Waals surface area (Å²) in [4.78, 5) is 12.1. The first-order chi connectivity index (χ1) is 9.58. The van der Waals surface area contributed by atoms with Crippen LogP contribution in [0.5, 0.6) is 0 Å². The lowest BCUT2D eigenvalue weighted by molar-refractivity contribution is -0.116. The van der Waals surface area contributed by atoms with Gasteiger partial charge in [-0.15, -0.1) is 0 Å². The Labute approximate surface area is 135 Å². The molecule has 2 aromatic rings. The summed E-state index contributed by atoms with van der Waals surface area (Å²) in [6.07, 6.45) is 0. The molecule has 0 spiro atoms. The van der Waals surface area contributed by atoms with Crippen LogP contribution in [0.15, 0.2) is 57.5 Å². The van der Waals surface area contributed by atoms with E-state index < -0.39 is 0 Å². The van der Waals surface area contributed by atoms with Crippen LogP contribution in [0.1, 0.15) is 6.92 Å². The highest BCUT2D eigenvalue weighted by atomic mass is 79.9. The lowest BCUT2D eigenvalue weighted by Gasteiger charge is -2.17. The fourth-order valence-electron chi connectivity index (χ4n) is 1.69. The van der Waals surface area contributed by atoms with Crippen molar-refractivity contribution >= 4 is 49.1 Å². The highest BCUT2D eigenvalue weighted by molar-refractivity contribution is 9.11. The van der Waals surface area contributed by atoms with Crippen LogP contribution < -0.4 is 10.6 Å². The molecule has 0 aromatic heterocycles. The van der Waals surface area contributed by atoms with E-state index in [-0.39, 0.29) is 11.9 Å². The molecule has 0 saturated heterocycles. The molecule has 0 radical (unpaired) electrons. The highest BCUT2D eigenvalue weighted by Gasteiger charge is 2.15. The van der Waals surface area contributed by atoms with Crippen molar-refractivity contribution in [2.24, 2.45) is 0 Å². The van der Waals surface area contributed by atoms with Crippen molar-refractivity contribution in [3.05, 3.63) is 57.5 Å². The maximum Gasteiger partial charge on any atom is 0.246 e. The molecule has 2 N–H and O–H groups in total. The Bertz CT molecular complexity index is 582. The lowest BCUT2D eigenvalue weighted by atomic mass is 10.2. The Balaban J connectivity index is 2.05. The molecule has 1 atom stereocenters. The highest BCUT2D eigenvalue weighted by Crippen LogP contribution is 2.31. The third kappa shape index (κ3) is 3.84. The Morgan fingerprint density at radius 2 is 1.60 bits per heavy atom. The van der Waals surface area contributed by atoms with Crippen LogP contribution >= 0.6 is 31.9 Å². The monoisotopic (exact) mass is 396 g/mol. The minimum absolute atomic E-state index is 0.0844. The lowest BCUT2D eigenvalue weighted by Crippen LogP contribution is -2.32. The van der Waals surface area contributed by atoms with Crippen molar-refractivity contribution in [2.45, 2.75) is 13.0 Å². The fraction of sp³-hybridized carbons (Fsp3) is 0.133. The Kier molecular flexibility index (Phi) is 5.20. The number of anilines is 2. The van der Waals surface area contributed by atoms with Gasteiger partial charge in [0.1, 0.15) is 6.04 Å². The summed E-state index contributed by atoms with van der Waals surface area (Å²) in [6.45, 7) is 1.82. The zero-order valence-electron chi connectivity index (χ0n) is 10.9. The summed E-state index contributed by atoms with van der Waals surface area (Å²) in [5.74, 6) is -0.0844. The van der Waals surface area contributed by atoms with E-state index in [0.717, 1.165) is 20.3 Å². The van der Waals surface area contributed by atoms with Crippen molar-refractivity contribution in [1.29, 1.82) is 0 Å². The van der Waals surface area contributed by atoms with Gasteiger partial charge >= 0.3 is 0 Å². The van der Waals surface area contributed by atoms with Gasteiger partial charge in [0.15, 0.2) is 0 Å². The van der Waals surface area contributed by atoms with Gasteiger partial charge in [-0.05, 0) is 63.0 Å². The predicted octanol–water partition coefficient (Wildman–Crippen LogP) is 4.65. The zero-order valence-corrected chi connectivity index (χ0v) is 14.0. The molecule has 20 heavy (non-hydrogen) atoms. The minimum atomic E-state index is -0.356. The molecule has 1 unspecified atom stereocenters. The maximum atomic E-state index is 12.1. The quantitative estimate of drug-likeness (QED) is 0.788. The van der Waals surface area contributed by atoms with Gasteiger partial charge in [-0.2, -0.15) is 0 Å². The molecular formula is C15H14Br2N2O. The van der Waals surface area contributed by atoms with Crippen molar-refractivity contribution in [3.8, 4) is 0 Å². The summed E-state index contributed by atoms with van der Waals surface area (Å²) in [5, 5.41) is 6.06. The molecule has 0 saturated carbocycles. The third-order valence-corrected chi connectivity index (χ3v) is 4.08. The van der Waals surface area contributed by atoms with Crippen LogP contribution in [0.4, 0.5) is 11.4 Å². The molecule has 0 fully saturated rings. The number of rotatable bonds is 4. The van der Waals surface area contributed by atoms with Gasteiger partial charge in [-0.25, -0.2) is 0 Å². The number of carbonyl (C=O) groups is 1. The van der Waals surface area contributed by atoms with Crippen LogP contribution in [-0.2, 0) is 4.79 Å². The number of halogens is 2. The van der Waals surface area contributed by atoms with Crippen LogP contribution in [0.25, 0.3) is 0 Å². The molecule has 0 aliphatic heterocycles. The van der Waals surface area contributed by atoms with Crippen LogP contribution in [0, 0.1) is 0 Å². The smallest absolute Gasteiger partial charge is 0.246 e. The van der Waals surface area contributed by atoms with E-state index in [9.17, 15) is 4.79 Å². The van der Waals surface area contributed by atoms with Gasteiger partial charge in [-0.3, -0.25) is 4.79 Å². The third-order valence-electron chi connectivity index (χ3n) is 2.76. The zero-order chi connectivity index (χ0) is 14.5. The average Bonchev–Trinajstić information content (AvgIpc) is 2.44. The second kappa shape index (κ2) is 6.90. The van der Waals surface area contributed by atoms with Crippen molar-refractivity contribution in [1.82, 2.24) is 0 Å². The topological polar surface area (TPSA) is 41.1 Å². The van der Waals surface area contributed by atoms with Crippen LogP contribution in [0.2, 0.25) is 0 Å². The largest absolute Gasteiger partial charge is 0.372 e. The molecule has 104 valence electrons. The molecular weight excluding hydrogens is 384 g/mol. The van der Waals surface area contributed by atoms with Crippen molar-refractivity contribution < 1.29 is 4.79 Å². The summed E-state index contributed by atoms with van der Waals surface area (Å²) in [5.41, 5.74) is 1.65. The van der Waals surface area contributed by atoms with Crippen LogP contribution in [-0.4, -0.2) is 11.9 Å². The molecule has 0 aliphatic carbocycles. The summed E-state index contributed by atoms with van der Waals surface area (Å²) >= 11 is 6.93. The fourth-order valence-corrected chi connectivity index (χ4v) is 2.92. The first-order valence-electron chi connectivity index (χ1n) is 6.14. The Hall–Kier alpha value is -1.33. The maximum absolute atomic E-state index is 12.1. The van der Waals surface area contributed by atoms with Gasteiger partial charge in [0.25, 0.3) is 0 Å². The van der Waals surface area contributed by atoms with Crippen LogP contribution in [0.3, 0.4) is 0 Å². The molecule has 0 aliphatic rings. The SMILES string of the molecule is CC(Nc1c(Br)cccc1Br)C(=O)Nc1ccccc1. The predicted molar refractivity (Wildman–Crippen MR) is 90.0 cm³/mol. The van der Waals surface area contributed by atoms with E-state index >= 15 is 0 Å². The first-order valence-corrected chi connectivity index (χ1v) is 7.73. The Morgan fingerprint density at radius 3 is 2.20 bits per heavy atom. The number of hydrogen-bond acceptors (Lipinski definition) is 2. The molecule has 5 heteroatoms. The number of amides is 1. The number of carbonyl (C=O) groups excluding carboxylic acids is 1. The normalized spacial score (nSPS) is 11.8. The molecule has 2 rings (SSSR count). The van der Waals surface area contributed by atoms with E-state index in [1.165, 1.54) is 0 Å². The summed E-state index contributed by atoms with van der Waals surface area (Å²) in [7, 11) is 0. The van der Waals surface area contributed by atoms with Crippen molar-refractivity contribution in [2.75, 3.05) is 10.6 Å². The number of para-hydroxylation sites is 2. The number of hydrogen-bond donors (Lipinski definition) is 2. The summed E-state index contributed by atoms with van der Waals surface area (Å²) < 4.78 is 1.82. The van der Waals surface area contributed by atoms with E-state index in [1.54, 1.807) is 0 Å². The first kappa shape index (κ1) is 15.1. The molecule has 0 heterocycles. The Morgan fingerprint density at radius 1 is 1.00 bits per heavy atom. The van der Waals surface area contributed by atoms with E-state index in [4.69, 9.17) is 0 Å². The van der Waals surface area contributed by atoms with Gasteiger partial charge in [0, 0.05) is 14.6 Å². The minimum Gasteiger partial charge on any atom is -0.372 e. The standard InChI is InChI=1S/C15H14Br2N2O/c1-10(15(20)19-11-6-3-2-4-7-11)18-14-12(16)8-5-9-13(14)17/h2-10,18H,1H3,(H,19,20). The average molecular weight is 398 g/mol. The van der Waals surface area contributed by atoms with Gasteiger partial charge < -0.3 is 10.6 Å². The van der Waals surface area contributed by atoms with E-state index in [1.807, 2.05) is 55.5 Å². The van der Waals surface area contributed by atoms with Gasteiger partial charge in [-0.1, -0.05) is 24.3 Å². The second-order valence-electron chi connectivity index (χ2n) is 4.32. The van der Waals surface area contributed by atoms with E-state index in [2.05, 4.69) is 42.5 Å². The molecule has 2 aromatic carbocycles.